The van der Waals surface area contributed by atoms with Crippen molar-refractivity contribution in [1.29, 1.82) is 0 Å². The van der Waals surface area contributed by atoms with Crippen molar-refractivity contribution in [2.75, 3.05) is 0 Å². The Kier molecular flexibility index (Phi) is 2.29. The average Bonchev–Trinajstić information content (AvgIpc) is 2.34. The van der Waals surface area contributed by atoms with Crippen LogP contribution in [0.1, 0.15) is 10.9 Å². The van der Waals surface area contributed by atoms with E-state index in [1.165, 1.54) is 10.9 Å². The molecule has 50 valence electrons. The van der Waals surface area contributed by atoms with Gasteiger partial charge in [-0.1, -0.05) is 0 Å². The quantitative estimate of drug-likeness (QED) is 0.636. The van der Waals surface area contributed by atoms with Gasteiger partial charge >= 0.3 is 0 Å². The number of nitrogens with two attached hydrogens (primary N) is 2. The van der Waals surface area contributed by atoms with Gasteiger partial charge in [-0.15, -0.1) is 8.19 Å². The molecule has 9 heavy (non-hydrogen) atoms. The minimum atomic E-state index is 0.649. The van der Waals surface area contributed by atoms with Crippen molar-refractivity contribution in [3.63, 3.8) is 0 Å². The molecule has 1 aromatic rings. The Labute approximate surface area is 56.3 Å². The zero-order valence-electron chi connectivity index (χ0n) is 5.22. The predicted octanol–water partition coefficient (Wildman–Crippen LogP) is 0.635. The molecule has 0 saturated heterocycles. The van der Waals surface area contributed by atoms with E-state index < -0.39 is 0 Å². The van der Waals surface area contributed by atoms with E-state index in [1.807, 2.05) is 0 Å². The molecule has 1 unspecified atom stereocenters. The third-order valence-electron chi connectivity index (χ3n) is 1.26. The third kappa shape index (κ3) is 1.55. The summed E-state index contributed by atoms with van der Waals surface area (Å²) >= 11 is 0. The second-order valence-corrected chi connectivity index (χ2v) is 3.16. The summed E-state index contributed by atoms with van der Waals surface area (Å²) in [7, 11) is 0.781. The molecule has 1 atom stereocenters. The van der Waals surface area contributed by atoms with Crippen molar-refractivity contribution in [2.45, 2.75) is 13.1 Å². The summed E-state index contributed by atoms with van der Waals surface area (Å²) in [4.78, 5) is 0. The standard InChI is InChI=1S/C6H11N2P/c7-2-5-1-6(3-8)9-4-5/h1,4,9H,2-3,7-8H2. The van der Waals surface area contributed by atoms with Gasteiger partial charge in [-0.25, -0.2) is 0 Å². The molecule has 0 spiro atoms. The zero-order valence-corrected chi connectivity index (χ0v) is 6.22. The summed E-state index contributed by atoms with van der Waals surface area (Å²) < 4.78 is 0. The first-order valence-electron chi connectivity index (χ1n) is 2.93. The lowest BCUT2D eigenvalue weighted by atomic mass is 10.3. The SMILES string of the molecule is NCc1c[pH]c(CN)c1. The van der Waals surface area contributed by atoms with Crippen LogP contribution in [-0.4, -0.2) is 0 Å². The molecule has 4 N–H and O–H groups in total. The minimum absolute atomic E-state index is 0.649. The highest BCUT2D eigenvalue weighted by Crippen LogP contribution is 2.18. The van der Waals surface area contributed by atoms with Crippen LogP contribution in [0.25, 0.3) is 0 Å². The monoisotopic (exact) mass is 142 g/mol. The van der Waals surface area contributed by atoms with Crippen LogP contribution in [0.5, 0.6) is 0 Å². The van der Waals surface area contributed by atoms with Gasteiger partial charge in [0.25, 0.3) is 0 Å². The molecule has 0 aliphatic carbocycles. The van der Waals surface area contributed by atoms with E-state index in [1.54, 1.807) is 0 Å². The molecule has 1 heterocycles. The van der Waals surface area contributed by atoms with E-state index in [0.29, 0.717) is 13.1 Å². The Bertz CT molecular complexity index is 164. The molecule has 0 saturated carbocycles. The Balaban J connectivity index is 2.74. The van der Waals surface area contributed by atoms with Crippen LogP contribution in [0.2, 0.25) is 0 Å². The zero-order chi connectivity index (χ0) is 6.69. The van der Waals surface area contributed by atoms with E-state index in [2.05, 4.69) is 11.9 Å². The first-order valence-corrected chi connectivity index (χ1v) is 4.01. The summed E-state index contributed by atoms with van der Waals surface area (Å²) in [6, 6.07) is 2.10. The Morgan fingerprint density at radius 2 is 2.11 bits per heavy atom. The maximum Gasteiger partial charge on any atom is 0.0213 e. The van der Waals surface area contributed by atoms with Crippen LogP contribution < -0.4 is 11.5 Å². The molecule has 0 amide bonds. The molecule has 2 nitrogen and oxygen atoms in total. The van der Waals surface area contributed by atoms with Gasteiger partial charge in [0.1, 0.15) is 0 Å². The summed E-state index contributed by atoms with van der Waals surface area (Å²) in [5.41, 5.74) is 12.0. The molecule has 0 fully saturated rings. The Morgan fingerprint density at radius 1 is 1.33 bits per heavy atom. The fourth-order valence-corrected chi connectivity index (χ4v) is 1.69. The van der Waals surface area contributed by atoms with Crippen LogP contribution in [0.15, 0.2) is 11.9 Å². The first kappa shape index (κ1) is 6.81. The van der Waals surface area contributed by atoms with Crippen LogP contribution in [0.4, 0.5) is 0 Å². The molecular formula is C6H11N2P. The van der Waals surface area contributed by atoms with E-state index in [4.69, 9.17) is 11.5 Å². The highest BCUT2D eigenvalue weighted by Gasteiger charge is 1.92. The van der Waals surface area contributed by atoms with Gasteiger partial charge < -0.3 is 11.5 Å². The highest BCUT2D eigenvalue weighted by molar-refractivity contribution is 7.30. The largest absolute Gasteiger partial charge is 0.326 e. The van der Waals surface area contributed by atoms with Gasteiger partial charge in [-0.05, 0) is 22.7 Å². The Hall–Kier alpha value is -0.300. The van der Waals surface area contributed by atoms with Crippen molar-refractivity contribution in [3.05, 3.63) is 22.7 Å². The number of rotatable bonds is 2. The lowest BCUT2D eigenvalue weighted by molar-refractivity contribution is 1.06. The van der Waals surface area contributed by atoms with Crippen LogP contribution >= 0.6 is 8.19 Å². The molecule has 0 aromatic carbocycles. The lowest BCUT2D eigenvalue weighted by Gasteiger charge is -1.85. The topological polar surface area (TPSA) is 52.0 Å². The van der Waals surface area contributed by atoms with Gasteiger partial charge in [-0.2, -0.15) is 0 Å². The van der Waals surface area contributed by atoms with Gasteiger partial charge in [0, 0.05) is 13.1 Å². The molecule has 3 heteroatoms. The molecule has 0 aliphatic rings. The van der Waals surface area contributed by atoms with Crippen molar-refractivity contribution < 1.29 is 0 Å². The smallest absolute Gasteiger partial charge is 0.0213 e. The van der Waals surface area contributed by atoms with E-state index in [0.717, 1.165) is 8.19 Å². The van der Waals surface area contributed by atoms with E-state index >= 15 is 0 Å². The number of hydrogen-bond donors (Lipinski definition) is 2. The van der Waals surface area contributed by atoms with Gasteiger partial charge in [0.15, 0.2) is 0 Å². The average molecular weight is 142 g/mol. The van der Waals surface area contributed by atoms with Crippen molar-refractivity contribution in [1.82, 2.24) is 0 Å². The number of hydrogen-bond acceptors (Lipinski definition) is 2. The van der Waals surface area contributed by atoms with E-state index in [-0.39, 0.29) is 0 Å². The summed E-state index contributed by atoms with van der Waals surface area (Å²) in [5, 5.41) is 1.32. The van der Waals surface area contributed by atoms with E-state index in [9.17, 15) is 0 Å². The molecular weight excluding hydrogens is 131 g/mol. The van der Waals surface area contributed by atoms with Crippen LogP contribution in [0, 0.1) is 0 Å². The highest BCUT2D eigenvalue weighted by atomic mass is 31.0. The van der Waals surface area contributed by atoms with Gasteiger partial charge in [0.2, 0.25) is 0 Å². The molecule has 0 aliphatic heterocycles. The normalized spacial score (nSPS) is 10.9. The summed E-state index contributed by atoms with van der Waals surface area (Å²) in [5.74, 6) is 2.15. The maximum absolute atomic E-state index is 5.42. The molecule has 1 rings (SSSR count). The lowest BCUT2D eigenvalue weighted by Crippen LogP contribution is -1.94. The second-order valence-electron chi connectivity index (χ2n) is 1.94. The van der Waals surface area contributed by atoms with Gasteiger partial charge in [-0.3, -0.25) is 0 Å². The Morgan fingerprint density at radius 3 is 2.44 bits per heavy atom. The van der Waals surface area contributed by atoms with Crippen molar-refractivity contribution >= 4 is 8.19 Å². The fourth-order valence-electron chi connectivity index (χ4n) is 0.728. The predicted molar refractivity (Wildman–Crippen MR) is 41.7 cm³/mol. The molecule has 0 radical (unpaired) electrons. The third-order valence-corrected chi connectivity index (χ3v) is 2.49. The second kappa shape index (κ2) is 3.02. The van der Waals surface area contributed by atoms with Crippen LogP contribution in [0.3, 0.4) is 0 Å². The molecule has 1 aromatic heterocycles. The van der Waals surface area contributed by atoms with Gasteiger partial charge in [0.05, 0.1) is 0 Å². The summed E-state index contributed by atoms with van der Waals surface area (Å²) in [6.45, 7) is 1.33. The molecule has 0 bridgehead atoms. The fraction of sp³-hybridized carbons (Fsp3) is 0.333. The van der Waals surface area contributed by atoms with Crippen molar-refractivity contribution in [2.24, 2.45) is 11.5 Å². The van der Waals surface area contributed by atoms with Crippen LogP contribution in [-0.2, 0) is 13.1 Å². The van der Waals surface area contributed by atoms with Crippen molar-refractivity contribution in [3.8, 4) is 0 Å². The summed E-state index contributed by atoms with van der Waals surface area (Å²) in [6.07, 6.45) is 0. The first-order chi connectivity index (χ1) is 4.36. The minimum Gasteiger partial charge on any atom is -0.326 e. The maximum atomic E-state index is 5.42.